The third-order valence-electron chi connectivity index (χ3n) is 7.00. The van der Waals surface area contributed by atoms with E-state index in [9.17, 15) is 13.2 Å². The van der Waals surface area contributed by atoms with Crippen LogP contribution in [0.5, 0.6) is 0 Å². The zero-order valence-corrected chi connectivity index (χ0v) is 22.7. The number of carbonyl (C=O) groups is 1. The molecule has 1 saturated carbocycles. The van der Waals surface area contributed by atoms with E-state index in [1.807, 2.05) is 48.4 Å². The number of thiazole rings is 1. The van der Waals surface area contributed by atoms with Crippen LogP contribution in [0.15, 0.2) is 42.7 Å². The monoisotopic (exact) mass is 540 g/mol. The van der Waals surface area contributed by atoms with Crippen molar-refractivity contribution in [1.82, 2.24) is 24.6 Å². The van der Waals surface area contributed by atoms with Crippen LogP contribution in [0.1, 0.15) is 48.6 Å². The molecule has 3 aromatic heterocycles. The number of rotatable bonds is 7. The summed E-state index contributed by atoms with van der Waals surface area (Å²) in [6, 6.07) is 9.65. The summed E-state index contributed by atoms with van der Waals surface area (Å²) >= 11 is 1.67. The first kappa shape index (κ1) is 25.7. The van der Waals surface area contributed by atoms with Crippen LogP contribution in [0, 0.1) is 12.8 Å². The molecule has 37 heavy (non-hydrogen) atoms. The van der Waals surface area contributed by atoms with Crippen molar-refractivity contribution >= 4 is 38.9 Å². The van der Waals surface area contributed by atoms with E-state index in [4.69, 9.17) is 9.97 Å². The molecule has 0 radical (unpaired) electrons. The van der Waals surface area contributed by atoms with Crippen molar-refractivity contribution in [3.8, 4) is 10.6 Å². The van der Waals surface area contributed by atoms with E-state index < -0.39 is 10.0 Å². The lowest BCUT2D eigenvalue weighted by atomic mass is 9.81. The fourth-order valence-electron chi connectivity index (χ4n) is 5.18. The third kappa shape index (κ3) is 6.52. The Kier molecular flexibility index (Phi) is 7.55. The van der Waals surface area contributed by atoms with Gasteiger partial charge >= 0.3 is 0 Å². The van der Waals surface area contributed by atoms with Crippen molar-refractivity contribution in [2.45, 2.75) is 51.0 Å². The molecule has 5 rings (SSSR count). The van der Waals surface area contributed by atoms with Crippen LogP contribution in [0.25, 0.3) is 10.6 Å². The van der Waals surface area contributed by atoms with Gasteiger partial charge in [0, 0.05) is 43.4 Å². The van der Waals surface area contributed by atoms with Crippen molar-refractivity contribution in [2.75, 3.05) is 24.7 Å². The van der Waals surface area contributed by atoms with E-state index in [2.05, 4.69) is 15.0 Å². The van der Waals surface area contributed by atoms with Crippen LogP contribution in [-0.2, 0) is 14.8 Å². The molecule has 1 saturated heterocycles. The molecule has 1 aliphatic heterocycles. The summed E-state index contributed by atoms with van der Waals surface area (Å²) in [6.07, 6.45) is 9.02. The lowest BCUT2D eigenvalue weighted by molar-refractivity contribution is -0.135. The summed E-state index contributed by atoms with van der Waals surface area (Å²) in [5.74, 6) is 2.01. The van der Waals surface area contributed by atoms with Crippen LogP contribution in [0.4, 0.5) is 11.6 Å². The second-order valence-corrected chi connectivity index (χ2v) is 12.9. The maximum Gasteiger partial charge on any atom is 0.225 e. The summed E-state index contributed by atoms with van der Waals surface area (Å²) in [6.45, 7) is 3.10. The predicted molar refractivity (Wildman–Crippen MR) is 145 cm³/mol. The molecule has 0 spiro atoms. The number of aryl methyl sites for hydroxylation is 1. The van der Waals surface area contributed by atoms with Gasteiger partial charge in [0.25, 0.3) is 0 Å². The molecule has 11 heteroatoms. The van der Waals surface area contributed by atoms with Crippen molar-refractivity contribution in [2.24, 2.45) is 5.92 Å². The minimum Gasteiger partial charge on any atom is -0.341 e. The average molecular weight is 541 g/mol. The first-order chi connectivity index (χ1) is 17.7. The molecule has 2 fully saturated rings. The lowest BCUT2D eigenvalue weighted by Crippen LogP contribution is -2.40. The molecule has 1 atom stereocenters. The second kappa shape index (κ2) is 10.8. The minimum atomic E-state index is -3.26. The summed E-state index contributed by atoms with van der Waals surface area (Å²) < 4.78 is 25.6. The predicted octanol–water partition coefficient (Wildman–Crippen LogP) is 4.08. The van der Waals surface area contributed by atoms with Gasteiger partial charge in [0.05, 0.1) is 21.8 Å². The molecular weight excluding hydrogens is 508 g/mol. The van der Waals surface area contributed by atoms with Gasteiger partial charge in [-0.05, 0) is 68.9 Å². The molecule has 1 aliphatic carbocycles. The fourth-order valence-corrected chi connectivity index (χ4v) is 7.03. The number of carbonyl (C=O) groups excluding carboxylic acids is 1. The minimum absolute atomic E-state index is 0.00678. The van der Waals surface area contributed by atoms with Gasteiger partial charge in [-0.1, -0.05) is 6.07 Å². The van der Waals surface area contributed by atoms with Gasteiger partial charge in [-0.2, -0.15) is 0 Å². The highest BCUT2D eigenvalue weighted by Gasteiger charge is 2.35. The van der Waals surface area contributed by atoms with Crippen LogP contribution in [0.2, 0.25) is 0 Å². The van der Waals surface area contributed by atoms with Gasteiger partial charge in [-0.15, -0.1) is 11.3 Å². The third-order valence-corrected chi connectivity index (χ3v) is 8.95. The number of aromatic nitrogens is 3. The Balaban J connectivity index is 1.17. The number of hydrogen-bond acceptors (Lipinski definition) is 8. The lowest BCUT2D eigenvalue weighted by Gasteiger charge is -2.29. The summed E-state index contributed by atoms with van der Waals surface area (Å²) in [5.41, 5.74) is 2.00. The fraction of sp³-hybridized carbons (Fsp3) is 0.462. The number of likely N-dealkylation sites (tertiary alicyclic amines) is 1. The molecule has 196 valence electrons. The molecule has 2 N–H and O–H groups in total. The molecule has 9 nitrogen and oxygen atoms in total. The van der Waals surface area contributed by atoms with Gasteiger partial charge in [0.1, 0.15) is 11.6 Å². The van der Waals surface area contributed by atoms with E-state index in [0.29, 0.717) is 25.4 Å². The largest absolute Gasteiger partial charge is 0.341 e. The average Bonchev–Trinajstić information content (AvgIpc) is 3.53. The van der Waals surface area contributed by atoms with E-state index in [-0.39, 0.29) is 17.9 Å². The molecule has 0 bridgehead atoms. The van der Waals surface area contributed by atoms with E-state index in [1.54, 1.807) is 17.5 Å². The highest BCUT2D eigenvalue weighted by atomic mass is 32.2. The normalized spacial score (nSPS) is 22.2. The first-order valence-corrected chi connectivity index (χ1v) is 15.3. The highest BCUT2D eigenvalue weighted by Crippen LogP contribution is 2.40. The Morgan fingerprint density at radius 1 is 1.08 bits per heavy atom. The molecular formula is C26H32N6O3S2. The van der Waals surface area contributed by atoms with Gasteiger partial charge in [-0.3, -0.25) is 4.79 Å². The van der Waals surface area contributed by atoms with E-state index in [1.165, 1.54) is 0 Å². The van der Waals surface area contributed by atoms with Gasteiger partial charge < -0.3 is 10.2 Å². The number of pyridine rings is 2. The number of hydrogen-bond donors (Lipinski definition) is 2. The van der Waals surface area contributed by atoms with Crippen molar-refractivity contribution < 1.29 is 13.2 Å². The molecule has 1 amide bonds. The Labute approximate surface area is 221 Å². The maximum atomic E-state index is 13.0. The zero-order chi connectivity index (χ0) is 26.0. The summed E-state index contributed by atoms with van der Waals surface area (Å²) in [5, 5.41) is 4.37. The molecule has 4 heterocycles. The molecule has 2 aliphatic rings. The smallest absolute Gasteiger partial charge is 0.225 e. The van der Waals surface area contributed by atoms with Crippen LogP contribution in [0.3, 0.4) is 0 Å². The van der Waals surface area contributed by atoms with Crippen molar-refractivity contribution in [3.63, 3.8) is 0 Å². The Bertz CT molecular complexity index is 1370. The molecule has 0 aromatic carbocycles. The highest BCUT2D eigenvalue weighted by molar-refractivity contribution is 7.88. The van der Waals surface area contributed by atoms with Crippen molar-refractivity contribution in [1.29, 1.82) is 0 Å². The first-order valence-electron chi connectivity index (χ1n) is 12.6. The van der Waals surface area contributed by atoms with E-state index >= 15 is 0 Å². The van der Waals surface area contributed by atoms with Gasteiger partial charge in [0.2, 0.25) is 15.9 Å². The van der Waals surface area contributed by atoms with Gasteiger partial charge in [-0.25, -0.2) is 28.1 Å². The van der Waals surface area contributed by atoms with Gasteiger partial charge in [0.15, 0.2) is 0 Å². The number of nitrogens with zero attached hydrogens (tertiary/aromatic N) is 4. The van der Waals surface area contributed by atoms with Crippen LogP contribution in [-0.4, -0.2) is 59.6 Å². The van der Waals surface area contributed by atoms with Crippen LogP contribution >= 0.6 is 11.3 Å². The summed E-state index contributed by atoms with van der Waals surface area (Å²) in [4.78, 5) is 29.7. The Hall–Kier alpha value is -2.89. The standard InChI is InChI=1S/C26H32N6O3S2/c1-17-10-12-27-24(14-17)30-23-5-3-4-21(29-23)22-15-28-25(36-22)18-6-8-19(9-7-18)26(33)32-13-11-20(16-32)31-37(2,34)35/h3-5,10,12,14-15,18-20,31H,6-9,11,13,16H2,1-2H3,(H,27,29,30). The Morgan fingerprint density at radius 2 is 1.89 bits per heavy atom. The zero-order valence-electron chi connectivity index (χ0n) is 21.1. The molecule has 1 unspecified atom stereocenters. The SMILES string of the molecule is Cc1ccnc(Nc2cccc(-c3cnc(C4CCC(C(=O)N5CCC(NS(C)(=O)=O)C5)CC4)s3)n2)c1. The topological polar surface area (TPSA) is 117 Å². The van der Waals surface area contributed by atoms with Crippen molar-refractivity contribution in [3.05, 3.63) is 53.3 Å². The van der Waals surface area contributed by atoms with Crippen LogP contribution < -0.4 is 10.0 Å². The maximum absolute atomic E-state index is 13.0. The molecule has 3 aromatic rings. The summed E-state index contributed by atoms with van der Waals surface area (Å²) in [7, 11) is -3.26. The Morgan fingerprint density at radius 3 is 2.65 bits per heavy atom. The number of amides is 1. The quantitative estimate of drug-likeness (QED) is 0.464. The van der Waals surface area contributed by atoms with E-state index in [0.717, 1.165) is 64.7 Å². The number of anilines is 2. The second-order valence-electron chi connectivity index (χ2n) is 10.0. The number of sulfonamides is 1. The number of nitrogens with one attached hydrogen (secondary N) is 2.